The first kappa shape index (κ1) is 17.0. The predicted octanol–water partition coefficient (Wildman–Crippen LogP) is 2.49. The Morgan fingerprint density at radius 1 is 1.21 bits per heavy atom. The molecule has 3 rings (SSSR count). The number of benzene rings is 1. The summed E-state index contributed by atoms with van der Waals surface area (Å²) in [6.07, 6.45) is 0. The van der Waals surface area contributed by atoms with Gasteiger partial charge in [-0.25, -0.2) is 0 Å². The Hall–Kier alpha value is -1.89. The van der Waals surface area contributed by atoms with Crippen molar-refractivity contribution < 1.29 is 14.3 Å². The maximum atomic E-state index is 12.3. The lowest BCUT2D eigenvalue weighted by Gasteiger charge is -2.26. The van der Waals surface area contributed by atoms with Crippen molar-refractivity contribution in [3.63, 3.8) is 0 Å². The maximum Gasteiger partial charge on any atom is 0.261 e. The molecule has 0 atom stereocenters. The monoisotopic (exact) mass is 346 g/mol. The number of thiophene rings is 1. The molecule has 1 saturated heterocycles. The van der Waals surface area contributed by atoms with Gasteiger partial charge in [-0.1, -0.05) is 0 Å². The molecular formula is C18H22N2O3S. The molecule has 0 bridgehead atoms. The molecular weight excluding hydrogens is 324 g/mol. The number of morpholine rings is 1. The van der Waals surface area contributed by atoms with E-state index >= 15 is 0 Å². The lowest BCUT2D eigenvalue weighted by atomic mass is 10.2. The van der Waals surface area contributed by atoms with E-state index in [1.165, 1.54) is 11.3 Å². The van der Waals surface area contributed by atoms with Gasteiger partial charge < -0.3 is 14.8 Å². The van der Waals surface area contributed by atoms with E-state index in [0.717, 1.165) is 53.9 Å². The van der Waals surface area contributed by atoms with E-state index in [9.17, 15) is 4.79 Å². The first-order valence-corrected chi connectivity index (χ1v) is 8.90. The molecule has 1 N–H and O–H groups in total. The molecule has 2 aromatic rings. The largest absolute Gasteiger partial charge is 0.497 e. The van der Waals surface area contributed by atoms with E-state index in [-0.39, 0.29) is 5.91 Å². The van der Waals surface area contributed by atoms with E-state index in [2.05, 4.69) is 10.2 Å². The van der Waals surface area contributed by atoms with Gasteiger partial charge in [0.1, 0.15) is 5.75 Å². The zero-order valence-electron chi connectivity index (χ0n) is 13.8. The molecule has 0 unspecified atom stereocenters. The minimum Gasteiger partial charge on any atom is -0.497 e. The highest BCUT2D eigenvalue weighted by atomic mass is 32.1. The SMILES string of the molecule is COc1ccc(-c2ccc(C(=O)NCCN3CCOCC3)s2)cc1. The van der Waals surface area contributed by atoms with Crippen molar-refractivity contribution in [2.24, 2.45) is 0 Å². The molecule has 5 nitrogen and oxygen atoms in total. The first-order valence-electron chi connectivity index (χ1n) is 8.09. The van der Waals surface area contributed by atoms with Crippen molar-refractivity contribution in [2.45, 2.75) is 0 Å². The Morgan fingerprint density at radius 3 is 2.67 bits per heavy atom. The minimum absolute atomic E-state index is 0.00646. The molecule has 6 heteroatoms. The van der Waals surface area contributed by atoms with Crippen LogP contribution in [0.15, 0.2) is 36.4 Å². The second-order valence-corrected chi connectivity index (χ2v) is 6.69. The van der Waals surface area contributed by atoms with Crippen LogP contribution in [0.4, 0.5) is 0 Å². The normalized spacial score (nSPS) is 15.2. The van der Waals surface area contributed by atoms with Gasteiger partial charge >= 0.3 is 0 Å². The molecule has 1 aromatic heterocycles. The number of amides is 1. The van der Waals surface area contributed by atoms with Crippen LogP contribution < -0.4 is 10.1 Å². The molecule has 0 saturated carbocycles. The summed E-state index contributed by atoms with van der Waals surface area (Å²) in [6.45, 7) is 4.97. The third kappa shape index (κ3) is 4.35. The first-order chi connectivity index (χ1) is 11.8. The van der Waals surface area contributed by atoms with Crippen LogP contribution in [0.5, 0.6) is 5.75 Å². The molecule has 0 aliphatic carbocycles. The highest BCUT2D eigenvalue weighted by molar-refractivity contribution is 7.17. The highest BCUT2D eigenvalue weighted by Gasteiger charge is 2.12. The van der Waals surface area contributed by atoms with Gasteiger partial charge in [0.2, 0.25) is 0 Å². The van der Waals surface area contributed by atoms with Crippen LogP contribution in [0, 0.1) is 0 Å². The topological polar surface area (TPSA) is 50.8 Å². The van der Waals surface area contributed by atoms with E-state index in [1.54, 1.807) is 7.11 Å². The van der Waals surface area contributed by atoms with Crippen LogP contribution in [0.25, 0.3) is 10.4 Å². The van der Waals surface area contributed by atoms with Gasteiger partial charge in [0.25, 0.3) is 5.91 Å². The second kappa shape index (κ2) is 8.28. The van der Waals surface area contributed by atoms with Gasteiger partial charge in [0.15, 0.2) is 0 Å². The Labute approximate surface area is 146 Å². The predicted molar refractivity (Wildman–Crippen MR) is 95.9 cm³/mol. The van der Waals surface area contributed by atoms with Crippen LogP contribution in [-0.2, 0) is 4.74 Å². The van der Waals surface area contributed by atoms with Crippen molar-refractivity contribution in [1.29, 1.82) is 0 Å². The molecule has 0 radical (unpaired) electrons. The Balaban J connectivity index is 1.53. The number of nitrogens with one attached hydrogen (secondary N) is 1. The van der Waals surface area contributed by atoms with Crippen molar-refractivity contribution in [2.75, 3.05) is 46.5 Å². The van der Waals surface area contributed by atoms with Crippen LogP contribution in [-0.4, -0.2) is 57.3 Å². The van der Waals surface area contributed by atoms with Gasteiger partial charge in [-0.15, -0.1) is 11.3 Å². The number of hydrogen-bond acceptors (Lipinski definition) is 5. The van der Waals surface area contributed by atoms with Crippen LogP contribution >= 0.6 is 11.3 Å². The molecule has 1 fully saturated rings. The van der Waals surface area contributed by atoms with E-state index < -0.39 is 0 Å². The third-order valence-corrected chi connectivity index (χ3v) is 5.15. The van der Waals surface area contributed by atoms with E-state index in [0.29, 0.717) is 6.54 Å². The molecule has 2 heterocycles. The Bertz CT molecular complexity index is 663. The van der Waals surface area contributed by atoms with Gasteiger partial charge in [-0.2, -0.15) is 0 Å². The number of methoxy groups -OCH3 is 1. The van der Waals surface area contributed by atoms with Crippen molar-refractivity contribution in [1.82, 2.24) is 10.2 Å². The number of nitrogens with zero attached hydrogens (tertiary/aromatic N) is 1. The molecule has 1 aromatic carbocycles. The summed E-state index contributed by atoms with van der Waals surface area (Å²) in [5.74, 6) is 0.824. The van der Waals surface area contributed by atoms with Gasteiger partial charge in [0, 0.05) is 31.1 Å². The summed E-state index contributed by atoms with van der Waals surface area (Å²) < 4.78 is 10.5. The number of carbonyl (C=O) groups is 1. The molecule has 1 aliphatic heterocycles. The van der Waals surface area contributed by atoms with Gasteiger partial charge in [-0.3, -0.25) is 9.69 Å². The van der Waals surface area contributed by atoms with Crippen molar-refractivity contribution in [3.8, 4) is 16.2 Å². The number of rotatable bonds is 6. The van der Waals surface area contributed by atoms with E-state index in [1.807, 2.05) is 36.4 Å². The smallest absolute Gasteiger partial charge is 0.261 e. The number of carbonyl (C=O) groups excluding carboxylic acids is 1. The summed E-state index contributed by atoms with van der Waals surface area (Å²) in [5, 5.41) is 3.00. The molecule has 1 amide bonds. The summed E-state index contributed by atoms with van der Waals surface area (Å²) in [7, 11) is 1.65. The average molecular weight is 346 g/mol. The van der Waals surface area contributed by atoms with Crippen molar-refractivity contribution >= 4 is 17.2 Å². The maximum absolute atomic E-state index is 12.3. The fourth-order valence-electron chi connectivity index (χ4n) is 2.61. The summed E-state index contributed by atoms with van der Waals surface area (Å²) in [6, 6.07) is 11.7. The summed E-state index contributed by atoms with van der Waals surface area (Å²) >= 11 is 1.51. The standard InChI is InChI=1S/C18H22N2O3S/c1-22-15-4-2-14(3-5-15)16-6-7-17(24-16)18(21)19-8-9-20-10-12-23-13-11-20/h2-7H,8-13H2,1H3,(H,19,21). The molecule has 1 aliphatic rings. The third-order valence-electron chi connectivity index (χ3n) is 4.02. The fourth-order valence-corrected chi connectivity index (χ4v) is 3.54. The second-order valence-electron chi connectivity index (χ2n) is 5.60. The summed E-state index contributed by atoms with van der Waals surface area (Å²) in [5.41, 5.74) is 1.09. The molecule has 128 valence electrons. The van der Waals surface area contributed by atoms with Crippen LogP contribution in [0.3, 0.4) is 0 Å². The average Bonchev–Trinajstić information content (AvgIpc) is 3.13. The summed E-state index contributed by atoms with van der Waals surface area (Å²) in [4.78, 5) is 16.4. The number of ether oxygens (including phenoxy) is 2. The fraction of sp³-hybridized carbons (Fsp3) is 0.389. The zero-order chi connectivity index (χ0) is 16.8. The lowest BCUT2D eigenvalue weighted by molar-refractivity contribution is 0.0383. The molecule has 0 spiro atoms. The highest BCUT2D eigenvalue weighted by Crippen LogP contribution is 2.29. The quantitative estimate of drug-likeness (QED) is 0.873. The van der Waals surface area contributed by atoms with Crippen LogP contribution in [0.2, 0.25) is 0 Å². The molecule has 24 heavy (non-hydrogen) atoms. The Kier molecular flexibility index (Phi) is 5.85. The van der Waals surface area contributed by atoms with Gasteiger partial charge in [-0.05, 0) is 42.0 Å². The zero-order valence-corrected chi connectivity index (χ0v) is 14.6. The van der Waals surface area contributed by atoms with Crippen LogP contribution in [0.1, 0.15) is 9.67 Å². The minimum atomic E-state index is -0.00646. The lowest BCUT2D eigenvalue weighted by Crippen LogP contribution is -2.41. The Morgan fingerprint density at radius 2 is 1.96 bits per heavy atom. The number of hydrogen-bond donors (Lipinski definition) is 1. The van der Waals surface area contributed by atoms with Crippen molar-refractivity contribution in [3.05, 3.63) is 41.3 Å². The van der Waals surface area contributed by atoms with Gasteiger partial charge in [0.05, 0.1) is 25.2 Å². The van der Waals surface area contributed by atoms with E-state index in [4.69, 9.17) is 9.47 Å².